The molecule has 0 fully saturated rings. The summed E-state index contributed by atoms with van der Waals surface area (Å²) in [6, 6.07) is 18.6. The van der Waals surface area contributed by atoms with Crippen LogP contribution in [-0.4, -0.2) is 4.98 Å². The minimum Gasteiger partial charge on any atom is -0.429 e. The molecule has 0 atom stereocenters. The second-order valence-corrected chi connectivity index (χ2v) is 11.2. The minimum atomic E-state index is -4.77. The van der Waals surface area contributed by atoms with E-state index in [2.05, 4.69) is 21.6 Å². The molecule has 0 saturated heterocycles. The van der Waals surface area contributed by atoms with Gasteiger partial charge in [-0.05, 0) is 65.9 Å². The van der Waals surface area contributed by atoms with Gasteiger partial charge in [0.05, 0.1) is 10.2 Å². The molecular weight excluding hydrogens is 634 g/mol. The van der Waals surface area contributed by atoms with E-state index < -0.39 is 57.9 Å². The predicted molar refractivity (Wildman–Crippen MR) is 158 cm³/mol. The van der Waals surface area contributed by atoms with E-state index in [1.165, 1.54) is 23.5 Å². The van der Waals surface area contributed by atoms with Crippen molar-refractivity contribution in [2.24, 2.45) is 0 Å². The maximum atomic E-state index is 15.1. The Hall–Kier alpha value is -5.21. The van der Waals surface area contributed by atoms with Gasteiger partial charge in [0.1, 0.15) is 28.8 Å². The van der Waals surface area contributed by atoms with Gasteiger partial charge < -0.3 is 4.74 Å². The highest BCUT2D eigenvalue weighted by molar-refractivity contribution is 7.19. The van der Waals surface area contributed by atoms with Gasteiger partial charge in [0.2, 0.25) is 0 Å². The average molecular weight is 652 g/mol. The Morgan fingerprint density at radius 1 is 0.652 bits per heavy atom. The number of ether oxygens (including phenoxy) is 1. The highest BCUT2D eigenvalue weighted by Crippen LogP contribution is 2.38. The van der Waals surface area contributed by atoms with Crippen LogP contribution in [0.15, 0.2) is 84.9 Å². The summed E-state index contributed by atoms with van der Waals surface area (Å²) in [4.78, 5) is 4.49. The van der Waals surface area contributed by atoms with E-state index in [4.69, 9.17) is 0 Å². The van der Waals surface area contributed by atoms with Crippen LogP contribution >= 0.6 is 11.3 Å². The van der Waals surface area contributed by atoms with Gasteiger partial charge in [-0.2, -0.15) is 8.78 Å². The summed E-state index contributed by atoms with van der Waals surface area (Å²) in [5.41, 5.74) is 1.56. The van der Waals surface area contributed by atoms with Gasteiger partial charge in [-0.15, -0.1) is 11.3 Å². The molecule has 0 aliphatic rings. The molecule has 0 saturated carbocycles. The zero-order valence-corrected chi connectivity index (χ0v) is 24.2. The van der Waals surface area contributed by atoms with Crippen LogP contribution in [0.3, 0.4) is 0 Å². The van der Waals surface area contributed by atoms with Crippen LogP contribution in [0.5, 0.6) is 5.75 Å². The number of halogens is 8. The largest absolute Gasteiger partial charge is 0.432 e. The fourth-order valence-corrected chi connectivity index (χ4v) is 5.51. The second kappa shape index (κ2) is 11.9. The molecule has 0 N–H and O–H groups in total. The normalized spacial score (nSPS) is 11.4. The molecule has 6 aromatic rings. The first-order valence-electron chi connectivity index (χ1n) is 13.4. The number of fused-ring (bicyclic) bond motifs is 1. The average Bonchev–Trinajstić information content (AvgIpc) is 3.41. The minimum absolute atomic E-state index is 0.0928. The fraction of sp³-hybridized carbons (Fsp3) is 0.0571. The molecule has 0 aliphatic carbocycles. The summed E-state index contributed by atoms with van der Waals surface area (Å²) in [6.45, 7) is 2.01. The topological polar surface area (TPSA) is 22.1 Å². The Labute approximate surface area is 260 Å². The van der Waals surface area contributed by atoms with Crippen molar-refractivity contribution in [3.05, 3.63) is 142 Å². The Kier molecular flexibility index (Phi) is 8.00. The van der Waals surface area contributed by atoms with Gasteiger partial charge in [0.25, 0.3) is 0 Å². The number of hydrogen-bond donors (Lipinski definition) is 0. The standard InChI is InChI=1S/C35H17F8NOS/c1-18-2-6-20(7-3-18)21-8-10-30-31(15-21)46-32(44-30)11-5-19-4-9-24(25(36)12-19)22-13-26(37)33(27(38)14-22)35(42,43)45-23-16-28(39)34(41)29(40)17-23/h2-4,6-10,12-17H,1H3. The van der Waals surface area contributed by atoms with E-state index in [0.717, 1.165) is 33.0 Å². The Morgan fingerprint density at radius 2 is 1.30 bits per heavy atom. The number of aromatic nitrogens is 1. The Bertz CT molecular complexity index is 2150. The molecule has 230 valence electrons. The zero-order chi connectivity index (χ0) is 32.7. The van der Waals surface area contributed by atoms with Crippen molar-refractivity contribution in [2.75, 3.05) is 0 Å². The first kappa shape index (κ1) is 30.8. The highest BCUT2D eigenvalue weighted by atomic mass is 32.1. The quantitative estimate of drug-likeness (QED) is 0.105. The van der Waals surface area contributed by atoms with Gasteiger partial charge in [-0.1, -0.05) is 47.9 Å². The molecule has 0 spiro atoms. The van der Waals surface area contributed by atoms with E-state index in [1.54, 1.807) is 0 Å². The molecule has 5 aromatic carbocycles. The molecule has 2 nitrogen and oxygen atoms in total. The van der Waals surface area contributed by atoms with Gasteiger partial charge in [-0.25, -0.2) is 31.3 Å². The van der Waals surface area contributed by atoms with Gasteiger partial charge >= 0.3 is 6.11 Å². The third-order valence-electron chi connectivity index (χ3n) is 6.90. The maximum Gasteiger partial charge on any atom is 0.432 e. The third-order valence-corrected chi connectivity index (χ3v) is 7.84. The summed E-state index contributed by atoms with van der Waals surface area (Å²) in [5, 5.41) is 0.481. The maximum absolute atomic E-state index is 15.1. The van der Waals surface area contributed by atoms with Crippen LogP contribution < -0.4 is 4.74 Å². The molecule has 1 aromatic heterocycles. The van der Waals surface area contributed by atoms with Crippen LogP contribution in [0.1, 0.15) is 21.7 Å². The lowest BCUT2D eigenvalue weighted by molar-refractivity contribution is -0.189. The van der Waals surface area contributed by atoms with Gasteiger partial charge in [-0.3, -0.25) is 0 Å². The number of benzene rings is 5. The lowest BCUT2D eigenvalue weighted by atomic mass is 10.0. The number of alkyl halides is 2. The summed E-state index contributed by atoms with van der Waals surface area (Å²) >= 11 is 1.35. The number of aryl methyl sites for hydroxylation is 1. The predicted octanol–water partition coefficient (Wildman–Crippen LogP) is 10.3. The number of thiazole rings is 1. The number of rotatable bonds is 5. The lowest BCUT2D eigenvalue weighted by Gasteiger charge is -2.20. The van der Waals surface area contributed by atoms with Gasteiger partial charge in [0.15, 0.2) is 22.5 Å². The van der Waals surface area contributed by atoms with Crippen molar-refractivity contribution >= 4 is 21.6 Å². The van der Waals surface area contributed by atoms with Crippen LogP contribution in [0.4, 0.5) is 35.1 Å². The van der Waals surface area contributed by atoms with Crippen molar-refractivity contribution in [1.82, 2.24) is 4.98 Å². The van der Waals surface area contributed by atoms with Crippen molar-refractivity contribution in [3.63, 3.8) is 0 Å². The molecule has 0 aliphatic heterocycles. The smallest absolute Gasteiger partial charge is 0.429 e. The SMILES string of the molecule is Cc1ccc(-c2ccc3nc(C#Cc4ccc(-c5cc(F)c(C(F)(F)Oc6cc(F)c(F)c(F)c6)c(F)c5)c(F)c4)sc3c2)cc1. The van der Waals surface area contributed by atoms with Crippen LogP contribution in [-0.2, 0) is 6.11 Å². The molecule has 46 heavy (non-hydrogen) atoms. The van der Waals surface area contributed by atoms with E-state index in [1.807, 2.05) is 49.4 Å². The van der Waals surface area contributed by atoms with Crippen molar-refractivity contribution < 1.29 is 39.9 Å². The van der Waals surface area contributed by atoms with Crippen LogP contribution in [0.2, 0.25) is 0 Å². The number of nitrogens with zero attached hydrogens (tertiary/aromatic N) is 1. The summed E-state index contributed by atoms with van der Waals surface area (Å²) < 4.78 is 119. The molecule has 1 heterocycles. The Morgan fingerprint density at radius 3 is 1.96 bits per heavy atom. The monoisotopic (exact) mass is 651 g/mol. The second-order valence-electron chi connectivity index (χ2n) is 10.1. The molecule has 11 heteroatoms. The summed E-state index contributed by atoms with van der Waals surface area (Å²) in [7, 11) is 0. The molecule has 0 radical (unpaired) electrons. The number of hydrogen-bond acceptors (Lipinski definition) is 3. The lowest BCUT2D eigenvalue weighted by Crippen LogP contribution is -2.25. The summed E-state index contributed by atoms with van der Waals surface area (Å²) in [5.74, 6) is -5.77. The molecule has 0 amide bonds. The molecule has 0 unspecified atom stereocenters. The van der Waals surface area contributed by atoms with E-state index in [-0.39, 0.29) is 23.3 Å². The zero-order valence-electron chi connectivity index (χ0n) is 23.4. The van der Waals surface area contributed by atoms with E-state index in [9.17, 15) is 30.7 Å². The first-order chi connectivity index (χ1) is 21.9. The van der Waals surface area contributed by atoms with Crippen LogP contribution in [0, 0.1) is 53.7 Å². The molecule has 6 rings (SSSR count). The van der Waals surface area contributed by atoms with Gasteiger partial charge in [0, 0.05) is 23.3 Å². The van der Waals surface area contributed by atoms with Crippen molar-refractivity contribution in [3.8, 4) is 39.8 Å². The first-order valence-corrected chi connectivity index (χ1v) is 14.2. The fourth-order valence-electron chi connectivity index (χ4n) is 4.65. The van der Waals surface area contributed by atoms with Crippen LogP contribution in [0.25, 0.3) is 32.5 Å². The third kappa shape index (κ3) is 6.17. The van der Waals surface area contributed by atoms with E-state index in [0.29, 0.717) is 17.1 Å². The van der Waals surface area contributed by atoms with E-state index >= 15 is 4.39 Å². The summed E-state index contributed by atoms with van der Waals surface area (Å²) in [6.07, 6.45) is -4.77. The molecule has 0 bridgehead atoms. The highest BCUT2D eigenvalue weighted by Gasteiger charge is 2.41. The van der Waals surface area contributed by atoms with Crippen molar-refractivity contribution in [1.29, 1.82) is 0 Å². The van der Waals surface area contributed by atoms with Crippen molar-refractivity contribution in [2.45, 2.75) is 13.0 Å². The molecular formula is C35H17F8NOS. The Balaban J connectivity index is 1.23.